The highest BCUT2D eigenvalue weighted by Crippen LogP contribution is 2.15. The maximum atomic E-state index is 12.5. The van der Waals surface area contributed by atoms with Crippen LogP contribution in [0.3, 0.4) is 0 Å². The zero-order chi connectivity index (χ0) is 17.2. The number of benzene rings is 1. The highest BCUT2D eigenvalue weighted by atomic mass is 79.9. The van der Waals surface area contributed by atoms with E-state index < -0.39 is 12.1 Å². The van der Waals surface area contributed by atoms with E-state index in [-0.39, 0.29) is 18.9 Å². The molecule has 6 heteroatoms. The van der Waals surface area contributed by atoms with Gasteiger partial charge in [-0.15, -0.1) is 6.58 Å². The lowest BCUT2D eigenvalue weighted by molar-refractivity contribution is -0.144. The van der Waals surface area contributed by atoms with E-state index in [1.54, 1.807) is 13.0 Å². The van der Waals surface area contributed by atoms with Crippen LogP contribution < -0.4 is 0 Å². The van der Waals surface area contributed by atoms with E-state index in [0.717, 1.165) is 10.0 Å². The quantitative estimate of drug-likeness (QED) is 0.497. The summed E-state index contributed by atoms with van der Waals surface area (Å²) < 4.78 is 6.39. The molecule has 1 aromatic carbocycles. The minimum atomic E-state index is -0.933. The number of carbonyl (C=O) groups is 2. The largest absolute Gasteiger partial charge is 0.481 e. The van der Waals surface area contributed by atoms with E-state index in [0.29, 0.717) is 19.6 Å². The molecule has 1 aromatic rings. The fourth-order valence-corrected chi connectivity index (χ4v) is 2.46. The summed E-state index contributed by atoms with van der Waals surface area (Å²) in [5.41, 5.74) is 0.927. The predicted octanol–water partition coefficient (Wildman–Crippen LogP) is 3.23. The number of aliphatic carboxylic acids is 1. The molecule has 1 unspecified atom stereocenters. The fraction of sp³-hybridized carbons (Fsp3) is 0.412. The molecular formula is C17H22BrNO4. The summed E-state index contributed by atoms with van der Waals surface area (Å²) in [6.07, 6.45) is 1.68. The number of hydrogen-bond donors (Lipinski definition) is 1. The third-order valence-corrected chi connectivity index (χ3v) is 3.70. The van der Waals surface area contributed by atoms with E-state index in [9.17, 15) is 9.59 Å². The standard InChI is InChI=1S/C17H22BrNO4/c1-3-4-10-23-13(2)17(22)19(9-8-16(20)21)12-14-6-5-7-15(18)11-14/h3,5-7,11,13H,1,4,8-10,12H2,2H3,(H,20,21). The average Bonchev–Trinajstić information content (AvgIpc) is 2.50. The van der Waals surface area contributed by atoms with E-state index in [1.165, 1.54) is 4.90 Å². The predicted molar refractivity (Wildman–Crippen MR) is 92.0 cm³/mol. The van der Waals surface area contributed by atoms with E-state index >= 15 is 0 Å². The van der Waals surface area contributed by atoms with Gasteiger partial charge in [0.05, 0.1) is 13.0 Å². The van der Waals surface area contributed by atoms with Crippen molar-refractivity contribution in [2.75, 3.05) is 13.2 Å². The number of nitrogens with zero attached hydrogens (tertiary/aromatic N) is 1. The number of ether oxygens (including phenoxy) is 1. The Morgan fingerprint density at radius 1 is 1.48 bits per heavy atom. The molecule has 0 saturated carbocycles. The van der Waals surface area contributed by atoms with Crippen LogP contribution >= 0.6 is 15.9 Å². The maximum absolute atomic E-state index is 12.5. The lowest BCUT2D eigenvalue weighted by Crippen LogP contribution is -2.40. The molecule has 23 heavy (non-hydrogen) atoms. The number of hydrogen-bond acceptors (Lipinski definition) is 3. The number of halogens is 1. The molecule has 0 radical (unpaired) electrons. The lowest BCUT2D eigenvalue weighted by Gasteiger charge is -2.25. The van der Waals surface area contributed by atoms with Gasteiger partial charge in [-0.1, -0.05) is 34.1 Å². The van der Waals surface area contributed by atoms with Gasteiger partial charge in [-0.05, 0) is 31.0 Å². The van der Waals surface area contributed by atoms with E-state index in [1.807, 2.05) is 24.3 Å². The van der Waals surface area contributed by atoms with Crippen LogP contribution in [0.5, 0.6) is 0 Å². The normalized spacial score (nSPS) is 11.7. The molecule has 0 fully saturated rings. The second-order valence-electron chi connectivity index (χ2n) is 5.12. The van der Waals surface area contributed by atoms with Gasteiger partial charge >= 0.3 is 5.97 Å². The van der Waals surface area contributed by atoms with Crippen molar-refractivity contribution in [2.24, 2.45) is 0 Å². The van der Waals surface area contributed by atoms with Gasteiger partial charge in [0.2, 0.25) is 0 Å². The van der Waals surface area contributed by atoms with Crippen molar-refractivity contribution in [3.05, 3.63) is 47.0 Å². The van der Waals surface area contributed by atoms with Gasteiger partial charge in [0.1, 0.15) is 6.10 Å². The fourth-order valence-electron chi connectivity index (χ4n) is 2.01. The molecule has 0 aliphatic rings. The van der Waals surface area contributed by atoms with Crippen LogP contribution in [0.2, 0.25) is 0 Å². The summed E-state index contributed by atoms with van der Waals surface area (Å²) in [6.45, 7) is 6.20. The van der Waals surface area contributed by atoms with E-state index in [4.69, 9.17) is 9.84 Å². The van der Waals surface area contributed by atoms with Gasteiger partial charge in [0.25, 0.3) is 5.91 Å². The zero-order valence-corrected chi connectivity index (χ0v) is 14.8. The second kappa shape index (κ2) is 10.2. The minimum absolute atomic E-state index is 0.0981. The molecular weight excluding hydrogens is 362 g/mol. The van der Waals surface area contributed by atoms with Gasteiger partial charge in [0.15, 0.2) is 0 Å². The van der Waals surface area contributed by atoms with Crippen molar-refractivity contribution in [3.63, 3.8) is 0 Å². The van der Waals surface area contributed by atoms with Crippen LogP contribution in [0.25, 0.3) is 0 Å². The Balaban J connectivity index is 2.75. The Morgan fingerprint density at radius 2 is 2.22 bits per heavy atom. The molecule has 1 atom stereocenters. The van der Waals surface area contributed by atoms with Gasteiger partial charge in [-0.3, -0.25) is 9.59 Å². The first-order valence-corrected chi connectivity index (χ1v) is 8.21. The summed E-state index contributed by atoms with van der Waals surface area (Å²) >= 11 is 3.39. The van der Waals surface area contributed by atoms with Crippen molar-refractivity contribution in [3.8, 4) is 0 Å². The first kappa shape index (κ1) is 19.4. The molecule has 0 bridgehead atoms. The highest BCUT2D eigenvalue weighted by molar-refractivity contribution is 9.10. The molecule has 126 valence electrons. The number of carboxylic acids is 1. The number of carboxylic acid groups (broad SMARTS) is 1. The minimum Gasteiger partial charge on any atom is -0.481 e. The molecule has 1 N–H and O–H groups in total. The number of carbonyl (C=O) groups excluding carboxylic acids is 1. The van der Waals surface area contributed by atoms with Crippen molar-refractivity contribution in [1.29, 1.82) is 0 Å². The Hall–Kier alpha value is -1.66. The lowest BCUT2D eigenvalue weighted by atomic mass is 10.2. The van der Waals surface area contributed by atoms with Crippen LogP contribution in [0.1, 0.15) is 25.3 Å². The third-order valence-electron chi connectivity index (χ3n) is 3.21. The summed E-state index contributed by atoms with van der Waals surface area (Å²) in [5, 5.41) is 8.88. The van der Waals surface area contributed by atoms with Gasteiger partial charge < -0.3 is 14.7 Å². The Labute approximate surface area is 145 Å². The third kappa shape index (κ3) is 7.43. The first-order chi connectivity index (χ1) is 10.9. The monoisotopic (exact) mass is 383 g/mol. The summed E-state index contributed by atoms with van der Waals surface area (Å²) in [5.74, 6) is -1.15. The summed E-state index contributed by atoms with van der Waals surface area (Å²) in [7, 11) is 0. The van der Waals surface area contributed by atoms with Gasteiger partial charge in [-0.2, -0.15) is 0 Å². The molecule has 5 nitrogen and oxygen atoms in total. The highest BCUT2D eigenvalue weighted by Gasteiger charge is 2.22. The molecule has 0 saturated heterocycles. The van der Waals surface area contributed by atoms with Crippen LogP contribution in [0, 0.1) is 0 Å². The zero-order valence-electron chi connectivity index (χ0n) is 13.2. The Kier molecular flexibility index (Phi) is 8.58. The first-order valence-electron chi connectivity index (χ1n) is 7.41. The van der Waals surface area contributed by atoms with Gasteiger partial charge in [-0.25, -0.2) is 0 Å². The molecule has 0 aliphatic carbocycles. The van der Waals surface area contributed by atoms with Crippen LogP contribution in [-0.2, 0) is 20.9 Å². The Bertz CT molecular complexity index is 547. The van der Waals surface area contributed by atoms with Crippen LogP contribution in [0.15, 0.2) is 41.4 Å². The maximum Gasteiger partial charge on any atom is 0.305 e. The van der Waals surface area contributed by atoms with Crippen molar-refractivity contribution >= 4 is 27.8 Å². The van der Waals surface area contributed by atoms with Crippen LogP contribution in [-0.4, -0.2) is 41.1 Å². The molecule has 0 heterocycles. The summed E-state index contributed by atoms with van der Waals surface area (Å²) in [4.78, 5) is 24.9. The van der Waals surface area contributed by atoms with Crippen LogP contribution in [0.4, 0.5) is 0 Å². The Morgan fingerprint density at radius 3 is 2.83 bits per heavy atom. The molecule has 1 amide bonds. The number of amides is 1. The topological polar surface area (TPSA) is 66.8 Å². The van der Waals surface area contributed by atoms with Crippen molar-refractivity contribution in [1.82, 2.24) is 4.90 Å². The van der Waals surface area contributed by atoms with E-state index in [2.05, 4.69) is 22.5 Å². The molecule has 0 aromatic heterocycles. The van der Waals surface area contributed by atoms with Crippen molar-refractivity contribution in [2.45, 2.75) is 32.4 Å². The SMILES string of the molecule is C=CCCOC(C)C(=O)N(CCC(=O)O)Cc1cccc(Br)c1. The molecule has 0 spiro atoms. The second-order valence-corrected chi connectivity index (χ2v) is 6.04. The average molecular weight is 384 g/mol. The molecule has 0 aliphatic heterocycles. The van der Waals surface area contributed by atoms with Gasteiger partial charge in [0, 0.05) is 17.6 Å². The van der Waals surface area contributed by atoms with Crippen molar-refractivity contribution < 1.29 is 19.4 Å². The molecule has 1 rings (SSSR count). The summed E-state index contributed by atoms with van der Waals surface area (Å²) in [6, 6.07) is 7.58. The smallest absolute Gasteiger partial charge is 0.305 e. The number of rotatable bonds is 10.